The molecule has 0 aromatic heterocycles. The zero-order valence-electron chi connectivity index (χ0n) is 66.1. The van der Waals surface area contributed by atoms with Crippen LogP contribution in [0.4, 0.5) is 45.5 Å². The summed E-state index contributed by atoms with van der Waals surface area (Å²) in [6, 6.07) is 22.9. The van der Waals surface area contributed by atoms with Gasteiger partial charge in [0, 0.05) is 87.8 Å². The van der Waals surface area contributed by atoms with E-state index in [-0.39, 0.29) is 81.4 Å². The van der Waals surface area contributed by atoms with Gasteiger partial charge in [-0.05, 0) is 142 Å². The molecule has 1 atom stereocenters. The Morgan fingerprint density at radius 2 is 0.735 bits per heavy atom. The number of hydrogen-bond acceptors (Lipinski definition) is 16. The molecule has 6 aromatic rings. The zero-order valence-corrected chi connectivity index (χ0v) is 66.1. The van der Waals surface area contributed by atoms with Gasteiger partial charge in [-0.15, -0.1) is 0 Å². The molecule has 0 spiro atoms. The van der Waals surface area contributed by atoms with Crippen LogP contribution in [-0.4, -0.2) is 88.4 Å². The second-order valence-electron chi connectivity index (χ2n) is 35.2. The molecule has 7 rings (SSSR count). The minimum Gasteiger partial charge on any atom is -0.507 e. The number of aromatic hydroxyl groups is 4. The van der Waals surface area contributed by atoms with Gasteiger partial charge in [0.15, 0.2) is 0 Å². The summed E-state index contributed by atoms with van der Waals surface area (Å²) in [5.41, 5.74) is 9.13. The Morgan fingerprint density at radius 1 is 0.431 bits per heavy atom. The average molecular weight is 1390 g/mol. The molecule has 0 aliphatic carbocycles. The molecule has 16 nitrogen and oxygen atoms in total. The van der Waals surface area contributed by atoms with Gasteiger partial charge in [0.25, 0.3) is 0 Å². The Bertz CT molecular complexity index is 4410. The van der Waals surface area contributed by atoms with E-state index in [9.17, 15) is 30.0 Å². The summed E-state index contributed by atoms with van der Waals surface area (Å²) < 4.78 is 11.6. The van der Waals surface area contributed by atoms with Gasteiger partial charge < -0.3 is 40.5 Å². The highest BCUT2D eigenvalue weighted by Crippen LogP contribution is 2.46. The minimum atomic E-state index is -1.04. The first-order chi connectivity index (χ1) is 46.8. The number of carbonyl (C=O) groups excluding carboxylic acids is 2. The van der Waals surface area contributed by atoms with E-state index < -0.39 is 39.5 Å². The number of nitrogens with one attached hydrogen (secondary N) is 2. The number of benzene rings is 6. The van der Waals surface area contributed by atoms with Crippen LogP contribution in [0.1, 0.15) is 261 Å². The Morgan fingerprint density at radius 3 is 1.04 bits per heavy atom. The van der Waals surface area contributed by atoms with Crippen LogP contribution in [0, 0.1) is 5.92 Å². The molecule has 16 heteroatoms. The maximum absolute atomic E-state index is 14.6. The fraction of sp³-hybridized carbons (Fsp3) is 0.465. The molecule has 6 N–H and O–H groups in total. The predicted molar refractivity (Wildman–Crippen MR) is 426 cm³/mol. The van der Waals surface area contributed by atoms with Crippen LogP contribution in [0.2, 0.25) is 0 Å². The van der Waals surface area contributed by atoms with E-state index >= 15 is 0 Å². The minimum absolute atomic E-state index is 0.0364. The molecule has 546 valence electrons. The summed E-state index contributed by atoms with van der Waals surface area (Å²) in [5, 5.41) is 55.3. The summed E-state index contributed by atoms with van der Waals surface area (Å²) in [6.07, 6.45) is 7.97. The number of hydrogen-bond donors (Lipinski definition) is 6. The highest BCUT2D eigenvalue weighted by Gasteiger charge is 2.32. The van der Waals surface area contributed by atoms with Gasteiger partial charge in [-0.3, -0.25) is 34.7 Å². The van der Waals surface area contributed by atoms with Crippen LogP contribution >= 0.6 is 0 Å². The maximum Gasteiger partial charge on any atom is 0.341 e. The molecular formula is C86H114N8O8. The largest absolute Gasteiger partial charge is 0.507 e. The lowest BCUT2D eigenvalue weighted by atomic mass is 9.79. The molecule has 0 saturated carbocycles. The van der Waals surface area contributed by atoms with Gasteiger partial charge in [-0.2, -0.15) is 0 Å². The number of anilines is 2. The summed E-state index contributed by atoms with van der Waals surface area (Å²) in [5.74, 6) is -1.97. The van der Waals surface area contributed by atoms with E-state index in [1.54, 1.807) is 76.8 Å². The van der Waals surface area contributed by atoms with Crippen molar-refractivity contribution in [3.8, 4) is 23.0 Å². The number of phenols is 4. The Kier molecular flexibility index (Phi) is 23.6. The zero-order chi connectivity index (χ0) is 76.5. The van der Waals surface area contributed by atoms with Crippen molar-refractivity contribution in [3.63, 3.8) is 0 Å². The number of aliphatic imine (C=N–C) groups is 6. The average Bonchev–Trinajstić information content (AvgIpc) is 0.800. The summed E-state index contributed by atoms with van der Waals surface area (Å²) in [7, 11) is 0. The van der Waals surface area contributed by atoms with E-state index in [0.717, 1.165) is 44.5 Å². The van der Waals surface area contributed by atoms with Crippen molar-refractivity contribution in [2.24, 2.45) is 35.9 Å². The van der Waals surface area contributed by atoms with E-state index in [0.29, 0.717) is 67.8 Å². The molecule has 0 fully saturated rings. The van der Waals surface area contributed by atoms with Crippen LogP contribution in [0.15, 0.2) is 115 Å². The second-order valence-corrected chi connectivity index (χ2v) is 35.2. The number of nitrogens with zero attached hydrogens (tertiary/aromatic N) is 6. The first-order valence-corrected chi connectivity index (χ1v) is 35.5. The fourth-order valence-corrected chi connectivity index (χ4v) is 11.6. The molecule has 0 saturated heterocycles. The number of carbonyl (C=O) groups is 2. The number of ether oxygens (including phenoxy) is 2. The van der Waals surface area contributed by atoms with Crippen molar-refractivity contribution in [2.75, 3.05) is 30.4 Å². The summed E-state index contributed by atoms with van der Waals surface area (Å²) in [6.45, 7) is 57.0. The monoisotopic (exact) mass is 1390 g/mol. The van der Waals surface area contributed by atoms with Gasteiger partial charge in [0.2, 0.25) is 0 Å². The molecule has 0 amide bonds. The van der Waals surface area contributed by atoms with E-state index in [2.05, 4.69) is 177 Å². The normalized spacial score (nSPS) is 15.5. The van der Waals surface area contributed by atoms with Crippen molar-refractivity contribution in [1.82, 2.24) is 0 Å². The number of esters is 2. The third kappa shape index (κ3) is 19.3. The number of phenolic OH excluding ortho intramolecular Hbond substituents is 4. The van der Waals surface area contributed by atoms with Crippen molar-refractivity contribution in [1.29, 1.82) is 0 Å². The van der Waals surface area contributed by atoms with Gasteiger partial charge >= 0.3 is 11.9 Å². The Balaban J connectivity index is 1.58. The van der Waals surface area contributed by atoms with Gasteiger partial charge in [0.05, 0.1) is 70.0 Å². The second kappa shape index (κ2) is 30.0. The summed E-state index contributed by atoms with van der Waals surface area (Å²) in [4.78, 5) is 60.3. The standard InChI is InChI=1S/C86H114N8O8/c1-29-101-77(99)59-47-91-69-39-65(87-43-51-31-55(79(5,6)7)35-61(73(51)95)83(17,18)19)68(90-46-54-34-58(82(14,15)16)38-64(76(54)98)86(26,27)28)42-72(69)94-50(4)60(78(100)102-30-2)48-92-70-40-66(88-44-52-32-56(80(8,9)10)36-62(74(52)96)84(20,21)22)67(41-71(70)93-49(59)3)89-45-53-33-57(81(11,12)13)37-63(75(53)97)85(23,24)25/h31-47,60,91-92,95-98H,29-30,48H2,1-28H3/b59-47-,87-43?,88-44?,89-45?,90-46?,93-49?,94-50?. The predicted octanol–water partition coefficient (Wildman–Crippen LogP) is 21.2. The smallest absolute Gasteiger partial charge is 0.341 e. The lowest BCUT2D eigenvalue weighted by Gasteiger charge is -2.27. The molecule has 1 aliphatic rings. The lowest BCUT2D eigenvalue weighted by molar-refractivity contribution is -0.145. The lowest BCUT2D eigenvalue weighted by Crippen LogP contribution is -2.31. The highest BCUT2D eigenvalue weighted by atomic mass is 16.5. The molecule has 1 unspecified atom stereocenters. The first kappa shape index (κ1) is 80.1. The van der Waals surface area contributed by atoms with E-state index in [1.165, 1.54) is 6.20 Å². The molecular weight excluding hydrogens is 1270 g/mol. The highest BCUT2D eigenvalue weighted by molar-refractivity contribution is 6.20. The third-order valence-electron chi connectivity index (χ3n) is 18.2. The molecule has 6 aromatic carbocycles. The summed E-state index contributed by atoms with van der Waals surface area (Å²) >= 11 is 0. The van der Waals surface area contributed by atoms with Gasteiger partial charge in [0.1, 0.15) is 28.9 Å². The number of fused-ring (bicyclic) bond motifs is 2. The fourth-order valence-electron chi connectivity index (χ4n) is 11.6. The molecule has 102 heavy (non-hydrogen) atoms. The molecule has 1 heterocycles. The van der Waals surface area contributed by atoms with Crippen LogP contribution in [-0.2, 0) is 62.4 Å². The maximum atomic E-state index is 14.6. The van der Waals surface area contributed by atoms with E-state index in [4.69, 9.17) is 39.4 Å². The molecule has 1 aliphatic heterocycles. The van der Waals surface area contributed by atoms with Crippen LogP contribution in [0.5, 0.6) is 23.0 Å². The quantitative estimate of drug-likeness (QED) is 0.0501. The Labute approximate surface area is 607 Å². The van der Waals surface area contributed by atoms with E-state index in [1.807, 2.05) is 48.5 Å². The number of rotatable bonds is 12. The van der Waals surface area contributed by atoms with Crippen molar-refractivity contribution >= 4 is 93.7 Å². The van der Waals surface area contributed by atoms with Crippen molar-refractivity contribution in [2.45, 2.75) is 237 Å². The van der Waals surface area contributed by atoms with Crippen molar-refractivity contribution < 1.29 is 39.5 Å². The SMILES string of the molecule is CCOC(=O)/C1=C\Nc2cc(N=Cc3cc(C(C)(C)C)cc(C(C)(C)C)c3O)c(N=Cc3cc(C(C)(C)C)cc(C(C)(C)C)c3O)cc2N=C(C)C(C(=O)OCC)CNc2cc(N=Cc3cc(C(C)(C)C)cc(C(C)(C)C)c3O)c(N=Cc3cc(C(C)(C)C)cc(C(C)(C)C)c3O)cc2N=C1C. The van der Waals surface area contributed by atoms with Crippen LogP contribution in [0.25, 0.3) is 0 Å². The van der Waals surface area contributed by atoms with Crippen LogP contribution in [0.3, 0.4) is 0 Å². The topological polar surface area (TPSA) is 232 Å². The van der Waals surface area contributed by atoms with Gasteiger partial charge in [-0.1, -0.05) is 190 Å². The van der Waals surface area contributed by atoms with Crippen molar-refractivity contribution in [3.05, 3.63) is 151 Å². The van der Waals surface area contributed by atoms with Gasteiger partial charge in [-0.25, -0.2) is 4.79 Å². The first-order valence-electron chi connectivity index (χ1n) is 35.5. The Hall–Kier alpha value is -9.18. The molecule has 0 bridgehead atoms. The third-order valence-corrected chi connectivity index (χ3v) is 18.2. The van der Waals surface area contributed by atoms with Crippen LogP contribution < -0.4 is 10.6 Å². The molecule has 0 radical (unpaired) electrons.